The Morgan fingerprint density at radius 1 is 0.917 bits per heavy atom. The number of carbonyl (C=O) groups excluding carboxylic acids is 2. The molecule has 5 rings (SSSR count). The van der Waals surface area contributed by atoms with Gasteiger partial charge in [0.1, 0.15) is 17.5 Å². The van der Waals surface area contributed by atoms with Crippen LogP contribution in [0.1, 0.15) is 22.7 Å². The van der Waals surface area contributed by atoms with Crippen molar-refractivity contribution in [3.63, 3.8) is 0 Å². The number of carbonyl (C=O) groups is 2. The van der Waals surface area contributed by atoms with Crippen LogP contribution in [0.2, 0.25) is 10.0 Å². The molecular formula is C35H35Cl2N3O7S. The van der Waals surface area contributed by atoms with Crippen LogP contribution >= 0.6 is 23.2 Å². The lowest BCUT2D eigenvalue weighted by molar-refractivity contribution is -0.143. The van der Waals surface area contributed by atoms with Crippen molar-refractivity contribution in [3.05, 3.63) is 124 Å². The Morgan fingerprint density at radius 2 is 1.58 bits per heavy atom. The minimum Gasteiger partial charge on any atom is -0.497 e. The van der Waals surface area contributed by atoms with E-state index in [4.69, 9.17) is 37.4 Å². The van der Waals surface area contributed by atoms with Crippen molar-refractivity contribution in [3.8, 4) is 11.5 Å². The van der Waals surface area contributed by atoms with Gasteiger partial charge in [0.2, 0.25) is 15.9 Å². The summed E-state index contributed by atoms with van der Waals surface area (Å²) in [5.41, 5.74) is 2.02. The number of sulfonamides is 1. The summed E-state index contributed by atoms with van der Waals surface area (Å²) in [5, 5.41) is 3.81. The van der Waals surface area contributed by atoms with Crippen molar-refractivity contribution >= 4 is 45.0 Å². The summed E-state index contributed by atoms with van der Waals surface area (Å²) in [6.45, 7) is 1.02. The fourth-order valence-electron chi connectivity index (χ4n) is 5.18. The molecule has 0 spiro atoms. The Morgan fingerprint density at radius 3 is 2.23 bits per heavy atom. The van der Waals surface area contributed by atoms with Crippen LogP contribution in [0.5, 0.6) is 11.5 Å². The van der Waals surface area contributed by atoms with E-state index in [2.05, 4.69) is 5.32 Å². The summed E-state index contributed by atoms with van der Waals surface area (Å²) >= 11 is 12.4. The molecule has 13 heteroatoms. The Labute approximate surface area is 290 Å². The van der Waals surface area contributed by atoms with Crippen molar-refractivity contribution in [1.29, 1.82) is 0 Å². The van der Waals surface area contributed by atoms with Gasteiger partial charge < -0.3 is 24.4 Å². The van der Waals surface area contributed by atoms with Gasteiger partial charge in [-0.3, -0.25) is 9.59 Å². The smallest absolute Gasteiger partial charge is 0.261 e. The standard InChI is InChI=1S/C35H35Cl2N3O7S/c1-45-29-11-7-25(8-12-29)23-40(33(41)24-47-30-13-15-31(16-14-30)48(43,44)39-17-19-46-20-18-39)34(26-5-3-2-4-6-26)35(42)38-22-27-9-10-28(36)21-32(27)37/h2-16,21,34H,17-20,22-24H2,1H3,(H,38,42)/t34-/m1/s1. The molecule has 252 valence electrons. The van der Waals surface area contributed by atoms with Gasteiger partial charge in [0.25, 0.3) is 5.91 Å². The van der Waals surface area contributed by atoms with Gasteiger partial charge in [0.05, 0.1) is 25.2 Å². The van der Waals surface area contributed by atoms with Crippen molar-refractivity contribution in [2.45, 2.75) is 24.0 Å². The summed E-state index contributed by atoms with van der Waals surface area (Å²) in [7, 11) is -2.13. The van der Waals surface area contributed by atoms with Gasteiger partial charge in [0, 0.05) is 36.2 Å². The number of amides is 2. The Balaban J connectivity index is 1.38. The summed E-state index contributed by atoms with van der Waals surface area (Å²) in [6, 6.07) is 26.1. The molecule has 0 radical (unpaired) electrons. The van der Waals surface area contributed by atoms with Crippen molar-refractivity contribution < 1.29 is 32.2 Å². The minimum atomic E-state index is -3.69. The molecule has 48 heavy (non-hydrogen) atoms. The SMILES string of the molecule is COc1ccc(CN(C(=O)COc2ccc(S(=O)(=O)N3CCOCC3)cc2)[C@@H](C(=O)NCc2ccc(Cl)cc2Cl)c2ccccc2)cc1. The van der Waals surface area contributed by atoms with Gasteiger partial charge in [-0.2, -0.15) is 4.31 Å². The normalized spacial score (nSPS) is 14.1. The van der Waals surface area contributed by atoms with E-state index in [-0.39, 0.29) is 31.1 Å². The average Bonchev–Trinajstić information content (AvgIpc) is 3.11. The van der Waals surface area contributed by atoms with E-state index in [1.54, 1.807) is 61.7 Å². The zero-order valence-electron chi connectivity index (χ0n) is 26.2. The van der Waals surface area contributed by atoms with Gasteiger partial charge in [-0.15, -0.1) is 0 Å². The molecule has 1 heterocycles. The molecule has 4 aromatic rings. The van der Waals surface area contributed by atoms with E-state index >= 15 is 0 Å². The largest absolute Gasteiger partial charge is 0.497 e. The molecule has 1 atom stereocenters. The maximum atomic E-state index is 14.0. The summed E-state index contributed by atoms with van der Waals surface area (Å²) < 4.78 is 43.9. The zero-order chi connectivity index (χ0) is 34.1. The van der Waals surface area contributed by atoms with Gasteiger partial charge in [0.15, 0.2) is 6.61 Å². The topological polar surface area (TPSA) is 114 Å². The third kappa shape index (κ3) is 8.86. The Kier molecular flexibility index (Phi) is 12.0. The van der Waals surface area contributed by atoms with Gasteiger partial charge in [-0.1, -0.05) is 71.7 Å². The number of hydrogen-bond donors (Lipinski definition) is 1. The van der Waals surface area contributed by atoms with E-state index < -0.39 is 34.5 Å². The third-order valence-corrected chi connectivity index (χ3v) is 10.3. The van der Waals surface area contributed by atoms with E-state index in [0.717, 1.165) is 5.56 Å². The molecule has 4 aromatic carbocycles. The molecule has 1 N–H and O–H groups in total. The predicted octanol–water partition coefficient (Wildman–Crippen LogP) is 5.49. The third-order valence-electron chi connectivity index (χ3n) is 7.77. The highest BCUT2D eigenvalue weighted by Gasteiger charge is 2.32. The van der Waals surface area contributed by atoms with E-state index in [0.29, 0.717) is 45.9 Å². The summed E-state index contributed by atoms with van der Waals surface area (Å²) in [6.07, 6.45) is 0. The first kappa shape index (κ1) is 35.2. The second-order valence-corrected chi connectivity index (χ2v) is 13.7. The number of benzene rings is 4. The number of ether oxygens (including phenoxy) is 3. The second kappa shape index (κ2) is 16.3. The van der Waals surface area contributed by atoms with Crippen LogP contribution < -0.4 is 14.8 Å². The second-order valence-electron chi connectivity index (χ2n) is 10.9. The maximum Gasteiger partial charge on any atom is 0.261 e. The molecular weight excluding hydrogens is 677 g/mol. The van der Waals surface area contributed by atoms with E-state index in [9.17, 15) is 18.0 Å². The molecule has 2 amide bonds. The first-order chi connectivity index (χ1) is 23.2. The fourth-order valence-corrected chi connectivity index (χ4v) is 7.06. The number of halogens is 2. The Hall–Kier alpha value is -4.13. The molecule has 1 aliphatic rings. The van der Waals surface area contributed by atoms with Crippen molar-refractivity contribution in [1.82, 2.24) is 14.5 Å². The lowest BCUT2D eigenvalue weighted by Crippen LogP contribution is -2.45. The quantitative estimate of drug-likeness (QED) is 0.195. The lowest BCUT2D eigenvalue weighted by Gasteiger charge is -2.31. The summed E-state index contributed by atoms with van der Waals surface area (Å²) in [4.78, 5) is 29.5. The van der Waals surface area contributed by atoms with Crippen LogP contribution in [-0.4, -0.2) is 69.5 Å². The minimum absolute atomic E-state index is 0.0810. The molecule has 10 nitrogen and oxygen atoms in total. The van der Waals surface area contributed by atoms with Crippen LogP contribution in [0.3, 0.4) is 0 Å². The zero-order valence-corrected chi connectivity index (χ0v) is 28.5. The molecule has 1 aliphatic heterocycles. The van der Waals surface area contributed by atoms with Crippen LogP contribution in [0.25, 0.3) is 0 Å². The molecule has 1 fully saturated rings. The highest BCUT2D eigenvalue weighted by molar-refractivity contribution is 7.89. The number of morpholine rings is 1. The summed E-state index contributed by atoms with van der Waals surface area (Å²) in [5.74, 6) is 0.0547. The molecule has 0 bridgehead atoms. The number of nitrogens with one attached hydrogen (secondary N) is 1. The van der Waals surface area contributed by atoms with Gasteiger partial charge in [-0.05, 0) is 65.2 Å². The number of methoxy groups -OCH3 is 1. The lowest BCUT2D eigenvalue weighted by atomic mass is 10.0. The first-order valence-electron chi connectivity index (χ1n) is 15.2. The van der Waals surface area contributed by atoms with Crippen LogP contribution in [0.4, 0.5) is 0 Å². The number of rotatable bonds is 13. The monoisotopic (exact) mass is 711 g/mol. The van der Waals surface area contributed by atoms with Gasteiger partial charge >= 0.3 is 0 Å². The molecule has 0 unspecified atom stereocenters. The number of nitrogens with zero attached hydrogens (tertiary/aromatic N) is 2. The van der Waals surface area contributed by atoms with Crippen LogP contribution in [0.15, 0.2) is 102 Å². The molecule has 0 saturated carbocycles. The molecule has 0 aliphatic carbocycles. The Bertz CT molecular complexity index is 1800. The number of hydrogen-bond acceptors (Lipinski definition) is 7. The van der Waals surface area contributed by atoms with Gasteiger partial charge in [-0.25, -0.2) is 8.42 Å². The highest BCUT2D eigenvalue weighted by atomic mass is 35.5. The van der Waals surface area contributed by atoms with Crippen LogP contribution in [-0.2, 0) is 37.4 Å². The molecule has 0 aromatic heterocycles. The van der Waals surface area contributed by atoms with Crippen LogP contribution in [0, 0.1) is 0 Å². The van der Waals surface area contributed by atoms with E-state index in [1.807, 2.05) is 18.2 Å². The maximum absolute atomic E-state index is 14.0. The van der Waals surface area contributed by atoms with Crippen molar-refractivity contribution in [2.24, 2.45) is 0 Å². The highest BCUT2D eigenvalue weighted by Crippen LogP contribution is 2.27. The average molecular weight is 713 g/mol. The molecule has 1 saturated heterocycles. The fraction of sp³-hybridized carbons (Fsp3) is 0.257. The first-order valence-corrected chi connectivity index (χ1v) is 17.3. The predicted molar refractivity (Wildman–Crippen MR) is 183 cm³/mol. The van der Waals surface area contributed by atoms with E-state index in [1.165, 1.54) is 33.5 Å². The van der Waals surface area contributed by atoms with Crippen molar-refractivity contribution in [2.75, 3.05) is 40.0 Å².